The molecule has 0 saturated carbocycles. The second-order valence-electron chi connectivity index (χ2n) is 6.91. The van der Waals surface area contributed by atoms with Crippen LogP contribution >= 0.6 is 0 Å². The molecule has 0 aliphatic carbocycles. The van der Waals surface area contributed by atoms with Gasteiger partial charge < -0.3 is 24.8 Å². The van der Waals surface area contributed by atoms with Crippen LogP contribution in [0, 0.1) is 0 Å². The lowest BCUT2D eigenvalue weighted by Gasteiger charge is -2.26. The fourth-order valence-corrected chi connectivity index (χ4v) is 3.09. The molecule has 4 rings (SSSR count). The highest BCUT2D eigenvalue weighted by molar-refractivity contribution is 6.06. The van der Waals surface area contributed by atoms with Gasteiger partial charge in [-0.1, -0.05) is 42.5 Å². The molecule has 3 aromatic carbocycles. The minimum Gasteiger partial charge on any atom is -0.486 e. The van der Waals surface area contributed by atoms with E-state index in [0.717, 1.165) is 0 Å². The number of rotatable bonds is 7. The fraction of sp³-hybridized carbons (Fsp3) is 0.167. The molecule has 7 nitrogen and oxygen atoms in total. The first-order valence-corrected chi connectivity index (χ1v) is 9.92. The number of fused-ring (bicyclic) bond motifs is 1. The highest BCUT2D eigenvalue weighted by Gasteiger charge is 2.21. The van der Waals surface area contributed by atoms with E-state index in [2.05, 4.69) is 10.6 Å². The van der Waals surface area contributed by atoms with Gasteiger partial charge in [0.15, 0.2) is 18.1 Å². The Kier molecular flexibility index (Phi) is 6.32. The van der Waals surface area contributed by atoms with Crippen molar-refractivity contribution in [3.05, 3.63) is 84.4 Å². The molecule has 158 valence electrons. The average molecular weight is 418 g/mol. The first kappa shape index (κ1) is 20.3. The van der Waals surface area contributed by atoms with Gasteiger partial charge >= 0.3 is 0 Å². The van der Waals surface area contributed by atoms with Crippen LogP contribution in [0.3, 0.4) is 0 Å². The van der Waals surface area contributed by atoms with Gasteiger partial charge in [-0.15, -0.1) is 0 Å². The smallest absolute Gasteiger partial charge is 0.259 e. The van der Waals surface area contributed by atoms with Crippen LogP contribution in [0.15, 0.2) is 78.9 Å². The second kappa shape index (κ2) is 9.67. The second-order valence-corrected chi connectivity index (χ2v) is 6.91. The predicted octanol–water partition coefficient (Wildman–Crippen LogP) is 3.27. The van der Waals surface area contributed by atoms with Crippen LogP contribution < -0.4 is 24.8 Å². The minimum absolute atomic E-state index is 0.222. The van der Waals surface area contributed by atoms with E-state index in [1.807, 2.05) is 42.5 Å². The van der Waals surface area contributed by atoms with E-state index in [1.54, 1.807) is 36.4 Å². The Balaban J connectivity index is 1.28. The number of hydrogen-bond acceptors (Lipinski definition) is 5. The Labute approximate surface area is 179 Å². The molecule has 1 atom stereocenters. The molecular formula is C24H22N2O5. The van der Waals surface area contributed by atoms with Crippen LogP contribution in [0.2, 0.25) is 0 Å². The summed E-state index contributed by atoms with van der Waals surface area (Å²) in [5.74, 6) is 1.05. The first-order chi connectivity index (χ1) is 15.2. The molecule has 2 N–H and O–H groups in total. The van der Waals surface area contributed by atoms with Crippen LogP contribution in [0.25, 0.3) is 0 Å². The van der Waals surface area contributed by atoms with Crippen LogP contribution in [-0.2, 0) is 4.79 Å². The monoisotopic (exact) mass is 418 g/mol. The zero-order valence-corrected chi connectivity index (χ0v) is 16.7. The summed E-state index contributed by atoms with van der Waals surface area (Å²) in [4.78, 5) is 24.8. The van der Waals surface area contributed by atoms with Gasteiger partial charge in [0.05, 0.1) is 12.1 Å². The Morgan fingerprint density at radius 2 is 1.61 bits per heavy atom. The summed E-state index contributed by atoms with van der Waals surface area (Å²) in [7, 11) is 0. The molecule has 1 heterocycles. The summed E-state index contributed by atoms with van der Waals surface area (Å²) in [5, 5.41) is 5.59. The van der Waals surface area contributed by atoms with Crippen molar-refractivity contribution in [1.29, 1.82) is 0 Å². The van der Waals surface area contributed by atoms with E-state index in [9.17, 15) is 9.59 Å². The molecule has 0 spiro atoms. The number of amides is 2. The lowest BCUT2D eigenvalue weighted by atomic mass is 10.2. The molecule has 3 aromatic rings. The Bertz CT molecular complexity index is 1050. The summed E-state index contributed by atoms with van der Waals surface area (Å²) >= 11 is 0. The van der Waals surface area contributed by atoms with Gasteiger partial charge in [0.25, 0.3) is 11.8 Å². The topological polar surface area (TPSA) is 85.9 Å². The predicted molar refractivity (Wildman–Crippen MR) is 116 cm³/mol. The largest absolute Gasteiger partial charge is 0.486 e. The molecule has 0 radical (unpaired) electrons. The van der Waals surface area contributed by atoms with Crippen LogP contribution in [0.4, 0.5) is 5.69 Å². The molecule has 2 amide bonds. The summed E-state index contributed by atoms with van der Waals surface area (Å²) in [6.45, 7) is 0.410. The van der Waals surface area contributed by atoms with E-state index in [-0.39, 0.29) is 31.1 Å². The third kappa shape index (κ3) is 5.33. The third-order valence-corrected chi connectivity index (χ3v) is 4.62. The number of carbonyl (C=O) groups excluding carboxylic acids is 2. The number of anilines is 1. The summed E-state index contributed by atoms with van der Waals surface area (Å²) < 4.78 is 17.1. The molecule has 7 heteroatoms. The van der Waals surface area contributed by atoms with Gasteiger partial charge in [0, 0.05) is 5.69 Å². The van der Waals surface area contributed by atoms with Crippen LogP contribution in [-0.4, -0.2) is 37.7 Å². The zero-order valence-electron chi connectivity index (χ0n) is 16.7. The molecule has 1 aliphatic heterocycles. The number of hydrogen-bond donors (Lipinski definition) is 2. The van der Waals surface area contributed by atoms with E-state index >= 15 is 0 Å². The van der Waals surface area contributed by atoms with Crippen molar-refractivity contribution in [2.45, 2.75) is 6.10 Å². The van der Waals surface area contributed by atoms with Crippen molar-refractivity contribution < 1.29 is 23.8 Å². The van der Waals surface area contributed by atoms with Gasteiger partial charge in [-0.05, 0) is 36.4 Å². The average Bonchev–Trinajstić information content (AvgIpc) is 2.82. The quantitative estimate of drug-likeness (QED) is 0.615. The maximum atomic E-state index is 12.6. The molecule has 1 aliphatic rings. The number of carbonyl (C=O) groups is 2. The summed E-state index contributed by atoms with van der Waals surface area (Å²) in [5.41, 5.74) is 1.02. The number of benzene rings is 3. The van der Waals surface area contributed by atoms with Crippen molar-refractivity contribution >= 4 is 17.5 Å². The van der Waals surface area contributed by atoms with Crippen LogP contribution in [0.5, 0.6) is 17.2 Å². The molecule has 0 unspecified atom stereocenters. The Hall–Kier alpha value is -4.00. The first-order valence-electron chi connectivity index (χ1n) is 9.92. The number of para-hydroxylation sites is 4. The van der Waals surface area contributed by atoms with Gasteiger partial charge in [0.1, 0.15) is 18.5 Å². The van der Waals surface area contributed by atoms with E-state index in [1.165, 1.54) is 0 Å². The molecular weight excluding hydrogens is 396 g/mol. The van der Waals surface area contributed by atoms with E-state index < -0.39 is 0 Å². The summed E-state index contributed by atoms with van der Waals surface area (Å²) in [6.07, 6.45) is -0.289. The molecule has 0 bridgehead atoms. The van der Waals surface area contributed by atoms with Crippen molar-refractivity contribution in [1.82, 2.24) is 5.32 Å². The molecule has 0 aromatic heterocycles. The standard InChI is InChI=1S/C24H22N2O5/c27-23(25-14-18-15-29-21-12-6-7-13-22(21)31-18)16-30-20-11-5-4-10-19(20)24(28)26-17-8-2-1-3-9-17/h1-13,18H,14-16H2,(H,25,27)(H,26,28)/t18-/m1/s1. The SMILES string of the molecule is O=C(COc1ccccc1C(=O)Nc1ccccc1)NC[C@@H]1COc2ccccc2O1. The lowest BCUT2D eigenvalue weighted by Crippen LogP contribution is -2.42. The Morgan fingerprint density at radius 3 is 2.45 bits per heavy atom. The molecule has 0 saturated heterocycles. The molecule has 0 fully saturated rings. The zero-order chi connectivity index (χ0) is 21.5. The number of nitrogens with one attached hydrogen (secondary N) is 2. The fourth-order valence-electron chi connectivity index (χ4n) is 3.09. The van der Waals surface area contributed by atoms with Crippen molar-refractivity contribution in [2.75, 3.05) is 25.1 Å². The summed E-state index contributed by atoms with van der Waals surface area (Å²) in [6, 6.07) is 23.3. The van der Waals surface area contributed by atoms with Crippen molar-refractivity contribution in [3.63, 3.8) is 0 Å². The van der Waals surface area contributed by atoms with Gasteiger partial charge in [0.2, 0.25) is 0 Å². The van der Waals surface area contributed by atoms with Crippen LogP contribution in [0.1, 0.15) is 10.4 Å². The van der Waals surface area contributed by atoms with Crippen molar-refractivity contribution in [2.24, 2.45) is 0 Å². The maximum absolute atomic E-state index is 12.6. The number of ether oxygens (including phenoxy) is 3. The lowest BCUT2D eigenvalue weighted by molar-refractivity contribution is -0.123. The normalized spacial score (nSPS) is 14.4. The third-order valence-electron chi connectivity index (χ3n) is 4.62. The minimum atomic E-state index is -0.319. The van der Waals surface area contributed by atoms with Gasteiger partial charge in [-0.25, -0.2) is 0 Å². The van der Waals surface area contributed by atoms with Gasteiger partial charge in [-0.3, -0.25) is 9.59 Å². The highest BCUT2D eigenvalue weighted by Crippen LogP contribution is 2.30. The molecule has 31 heavy (non-hydrogen) atoms. The van der Waals surface area contributed by atoms with E-state index in [0.29, 0.717) is 35.1 Å². The highest BCUT2D eigenvalue weighted by atomic mass is 16.6. The van der Waals surface area contributed by atoms with Crippen molar-refractivity contribution in [3.8, 4) is 17.2 Å². The maximum Gasteiger partial charge on any atom is 0.259 e. The van der Waals surface area contributed by atoms with Gasteiger partial charge in [-0.2, -0.15) is 0 Å². The van der Waals surface area contributed by atoms with E-state index in [4.69, 9.17) is 14.2 Å². The Morgan fingerprint density at radius 1 is 0.903 bits per heavy atom.